The van der Waals surface area contributed by atoms with Crippen molar-refractivity contribution in [1.82, 2.24) is 0 Å². The molecule has 0 aromatic heterocycles. The number of rotatable bonds is 6. The second-order valence-electron chi connectivity index (χ2n) is 10.7. The summed E-state index contributed by atoms with van der Waals surface area (Å²) in [6.07, 6.45) is 9.60. The first-order valence-electron chi connectivity index (χ1n) is 14.3. The number of carbonyl (C=O) groups excluding carboxylic acids is 2. The summed E-state index contributed by atoms with van der Waals surface area (Å²) in [7, 11) is 0. The van der Waals surface area contributed by atoms with Gasteiger partial charge in [0.2, 0.25) is 0 Å². The fourth-order valence-electron chi connectivity index (χ4n) is 5.67. The quantitative estimate of drug-likeness (QED) is 0.237. The van der Waals surface area contributed by atoms with Crippen LogP contribution < -0.4 is 0 Å². The van der Waals surface area contributed by atoms with Gasteiger partial charge in [-0.15, -0.1) is 0 Å². The van der Waals surface area contributed by atoms with E-state index < -0.39 is 0 Å². The minimum atomic E-state index is 0.160. The highest BCUT2D eigenvalue weighted by Gasteiger charge is 2.30. The van der Waals surface area contributed by atoms with E-state index in [0.717, 1.165) is 60.8 Å². The highest BCUT2D eigenvalue weighted by atomic mass is 16.1. The van der Waals surface area contributed by atoms with E-state index in [-0.39, 0.29) is 11.8 Å². The average molecular weight is 525 g/mol. The Morgan fingerprint density at radius 3 is 1.15 bits per heavy atom. The molecule has 2 aliphatic carbocycles. The maximum absolute atomic E-state index is 12.4. The summed E-state index contributed by atoms with van der Waals surface area (Å²) < 4.78 is 0. The molecule has 2 heteroatoms. The van der Waals surface area contributed by atoms with Crippen molar-refractivity contribution in [2.24, 2.45) is 11.8 Å². The second kappa shape index (κ2) is 13.7. The number of Topliss-reactive ketones (excluding diaryl/α,β-unsaturated/α-hetero) is 2. The number of benzene rings is 4. The second-order valence-corrected chi connectivity index (χ2v) is 10.7. The van der Waals surface area contributed by atoms with Gasteiger partial charge in [0.05, 0.1) is 0 Å². The van der Waals surface area contributed by atoms with Crippen LogP contribution in [0.15, 0.2) is 132 Å². The van der Waals surface area contributed by atoms with Gasteiger partial charge in [-0.25, -0.2) is 0 Å². The van der Waals surface area contributed by atoms with Gasteiger partial charge < -0.3 is 0 Å². The van der Waals surface area contributed by atoms with Gasteiger partial charge >= 0.3 is 0 Å². The zero-order valence-electron chi connectivity index (χ0n) is 22.9. The van der Waals surface area contributed by atoms with Crippen molar-refractivity contribution in [2.45, 2.75) is 38.5 Å². The predicted molar refractivity (Wildman–Crippen MR) is 165 cm³/mol. The Kier molecular flexibility index (Phi) is 9.32. The fraction of sp³-hybridized carbons (Fsp3) is 0.211. The normalized spacial score (nSPS) is 20.5. The minimum absolute atomic E-state index is 0.160. The molecule has 4 aromatic carbocycles. The Labute approximate surface area is 238 Å². The molecular weight excluding hydrogens is 488 g/mol. The van der Waals surface area contributed by atoms with E-state index in [1.165, 1.54) is 11.1 Å². The van der Waals surface area contributed by atoms with Crippen molar-refractivity contribution < 1.29 is 9.59 Å². The third-order valence-corrected chi connectivity index (χ3v) is 7.83. The van der Waals surface area contributed by atoms with E-state index in [2.05, 4.69) is 24.3 Å². The Morgan fingerprint density at radius 1 is 0.475 bits per heavy atom. The van der Waals surface area contributed by atoms with Crippen molar-refractivity contribution in [3.05, 3.63) is 155 Å². The molecule has 200 valence electrons. The SMILES string of the molecule is O=C1/C(=C/c2ccccc2)CC[C@@H]1Cc1ccccc1.O=C1/C(=C/c2ccccc2)CC[C@H]1Cc1ccccc1. The fourth-order valence-corrected chi connectivity index (χ4v) is 5.67. The van der Waals surface area contributed by atoms with Crippen molar-refractivity contribution in [2.75, 3.05) is 0 Å². The predicted octanol–water partition coefficient (Wildman–Crippen LogP) is 8.58. The van der Waals surface area contributed by atoms with Gasteiger partial charge in [-0.2, -0.15) is 0 Å². The zero-order chi connectivity index (χ0) is 27.6. The lowest BCUT2D eigenvalue weighted by atomic mass is 9.96. The summed E-state index contributed by atoms with van der Waals surface area (Å²) in [5, 5.41) is 0. The van der Waals surface area contributed by atoms with E-state index in [9.17, 15) is 9.59 Å². The van der Waals surface area contributed by atoms with Crippen LogP contribution in [-0.2, 0) is 22.4 Å². The molecule has 40 heavy (non-hydrogen) atoms. The maximum Gasteiger partial charge on any atom is 0.162 e. The van der Waals surface area contributed by atoms with Gasteiger partial charge in [0.25, 0.3) is 0 Å². The van der Waals surface area contributed by atoms with Crippen molar-refractivity contribution in [1.29, 1.82) is 0 Å². The number of allylic oxidation sites excluding steroid dienone is 2. The monoisotopic (exact) mass is 524 g/mol. The number of hydrogen-bond acceptors (Lipinski definition) is 2. The molecule has 2 aliphatic rings. The lowest BCUT2D eigenvalue weighted by molar-refractivity contribution is -0.118. The maximum atomic E-state index is 12.4. The number of ketones is 2. The topological polar surface area (TPSA) is 34.1 Å². The highest BCUT2D eigenvalue weighted by Crippen LogP contribution is 2.32. The third kappa shape index (κ3) is 7.42. The summed E-state index contributed by atoms with van der Waals surface area (Å²) in [5.74, 6) is 0.982. The molecule has 2 saturated carbocycles. The first kappa shape index (κ1) is 27.3. The third-order valence-electron chi connectivity index (χ3n) is 7.83. The largest absolute Gasteiger partial charge is 0.294 e. The first-order valence-corrected chi connectivity index (χ1v) is 14.3. The van der Waals surface area contributed by atoms with Gasteiger partial charge in [0, 0.05) is 11.8 Å². The Hall–Kier alpha value is -4.30. The van der Waals surface area contributed by atoms with Gasteiger partial charge in [-0.3, -0.25) is 9.59 Å². The molecule has 0 unspecified atom stereocenters. The van der Waals surface area contributed by atoms with Crippen molar-refractivity contribution in [3.63, 3.8) is 0 Å². The molecule has 4 aromatic rings. The van der Waals surface area contributed by atoms with E-state index >= 15 is 0 Å². The summed E-state index contributed by atoms with van der Waals surface area (Å²) >= 11 is 0. The molecule has 2 atom stereocenters. The van der Waals surface area contributed by atoms with Crippen molar-refractivity contribution in [3.8, 4) is 0 Å². The molecule has 2 fully saturated rings. The summed E-state index contributed by atoms with van der Waals surface area (Å²) in [5.41, 5.74) is 6.72. The summed E-state index contributed by atoms with van der Waals surface area (Å²) in [6, 6.07) is 40.8. The Morgan fingerprint density at radius 2 is 0.800 bits per heavy atom. The molecule has 0 N–H and O–H groups in total. The van der Waals surface area contributed by atoms with Crippen LogP contribution in [0, 0.1) is 11.8 Å². The van der Waals surface area contributed by atoms with E-state index in [1.807, 2.05) is 109 Å². The smallest absolute Gasteiger partial charge is 0.162 e. The number of hydrogen-bond donors (Lipinski definition) is 0. The molecule has 0 heterocycles. The first-order chi connectivity index (χ1) is 19.7. The van der Waals surface area contributed by atoms with Crippen LogP contribution in [-0.4, -0.2) is 11.6 Å². The Bertz CT molecular complexity index is 1340. The molecule has 6 rings (SSSR count). The van der Waals surface area contributed by atoms with E-state index in [1.54, 1.807) is 0 Å². The lowest BCUT2D eigenvalue weighted by Gasteiger charge is -2.07. The Balaban J connectivity index is 0.000000161. The van der Waals surface area contributed by atoms with Crippen LogP contribution in [0.2, 0.25) is 0 Å². The van der Waals surface area contributed by atoms with Crippen LogP contribution in [0.5, 0.6) is 0 Å². The van der Waals surface area contributed by atoms with Gasteiger partial charge in [0.15, 0.2) is 11.6 Å². The standard InChI is InChI=1S/2C19H18O/c2*20-19-17(13-15-7-3-1-4-8-15)11-12-18(19)14-16-9-5-2-6-10-16/h2*1-10,13,18H,11-12,14H2/b2*17-13+/t2*18-/m10/s1. The van der Waals surface area contributed by atoms with Crippen LogP contribution in [0.3, 0.4) is 0 Å². The van der Waals surface area contributed by atoms with Gasteiger partial charge in [-0.1, -0.05) is 121 Å². The lowest BCUT2D eigenvalue weighted by Crippen LogP contribution is -2.10. The molecule has 0 saturated heterocycles. The van der Waals surface area contributed by atoms with E-state index in [0.29, 0.717) is 11.6 Å². The average Bonchev–Trinajstić information content (AvgIpc) is 3.52. The summed E-state index contributed by atoms with van der Waals surface area (Å²) in [6.45, 7) is 0. The highest BCUT2D eigenvalue weighted by molar-refractivity contribution is 6.03. The molecule has 0 bridgehead atoms. The van der Waals surface area contributed by atoms with Crippen LogP contribution in [0.25, 0.3) is 12.2 Å². The van der Waals surface area contributed by atoms with Gasteiger partial charge in [-0.05, 0) is 84.1 Å². The zero-order valence-corrected chi connectivity index (χ0v) is 22.9. The van der Waals surface area contributed by atoms with E-state index in [4.69, 9.17) is 0 Å². The molecule has 0 spiro atoms. The molecule has 0 aliphatic heterocycles. The van der Waals surface area contributed by atoms with Gasteiger partial charge in [0.1, 0.15) is 0 Å². The van der Waals surface area contributed by atoms with Crippen LogP contribution in [0.4, 0.5) is 0 Å². The van der Waals surface area contributed by atoms with Crippen LogP contribution >= 0.6 is 0 Å². The van der Waals surface area contributed by atoms with Crippen molar-refractivity contribution >= 4 is 23.7 Å². The minimum Gasteiger partial charge on any atom is -0.294 e. The molecule has 2 nitrogen and oxygen atoms in total. The summed E-state index contributed by atoms with van der Waals surface area (Å²) in [4.78, 5) is 24.9. The van der Waals surface area contributed by atoms with Crippen LogP contribution in [0.1, 0.15) is 47.9 Å². The molecule has 0 radical (unpaired) electrons. The molecule has 0 amide bonds. The molecular formula is C38H36O2. The number of carbonyl (C=O) groups is 2.